The summed E-state index contributed by atoms with van der Waals surface area (Å²) in [5.41, 5.74) is 0.907. The average Bonchev–Trinajstić information content (AvgIpc) is 2.67. The molecule has 25 heavy (non-hydrogen) atoms. The third-order valence-corrected chi connectivity index (χ3v) is 4.29. The molecule has 3 rings (SSSR count). The van der Waals surface area contributed by atoms with Crippen molar-refractivity contribution in [3.8, 4) is 5.88 Å². The van der Waals surface area contributed by atoms with Gasteiger partial charge in [-0.2, -0.15) is 0 Å². The number of fused-ring (bicyclic) bond motifs is 1. The lowest BCUT2D eigenvalue weighted by molar-refractivity contribution is -0.165. The molecule has 2 aromatic heterocycles. The Bertz CT molecular complexity index is 747. The zero-order valence-electron chi connectivity index (χ0n) is 14.4. The number of hydrogen-bond acceptors (Lipinski definition) is 7. The molecular formula is C17H22N4O4. The topological polar surface area (TPSA) is 94.6 Å². The number of carbonyl (C=O) groups excluding carboxylic acids is 1. The first-order valence-corrected chi connectivity index (χ1v) is 8.13. The molecule has 0 spiro atoms. The molecule has 0 saturated carbocycles. The molecule has 134 valence electrons. The molecule has 8 nitrogen and oxygen atoms in total. The minimum absolute atomic E-state index is 0.0661. The van der Waals surface area contributed by atoms with Gasteiger partial charge in [-0.25, -0.2) is 4.98 Å². The molecule has 0 unspecified atom stereocenters. The van der Waals surface area contributed by atoms with E-state index in [0.29, 0.717) is 48.5 Å². The molecule has 0 atom stereocenters. The van der Waals surface area contributed by atoms with Gasteiger partial charge in [-0.3, -0.25) is 9.78 Å². The lowest BCUT2D eigenvalue weighted by atomic mass is 9.91. The predicted molar refractivity (Wildman–Crippen MR) is 92.5 cm³/mol. The van der Waals surface area contributed by atoms with Crippen LogP contribution in [0.5, 0.6) is 5.88 Å². The molecule has 0 aromatic carbocycles. The van der Waals surface area contributed by atoms with Crippen LogP contribution >= 0.6 is 0 Å². The fraction of sp³-hybridized carbons (Fsp3) is 0.471. The molecule has 0 radical (unpaired) electrons. The number of piperidine rings is 1. The number of anilines is 1. The fourth-order valence-corrected chi connectivity index (χ4v) is 2.90. The van der Waals surface area contributed by atoms with E-state index >= 15 is 0 Å². The quantitative estimate of drug-likeness (QED) is 0.762. The van der Waals surface area contributed by atoms with E-state index in [1.165, 1.54) is 0 Å². The van der Waals surface area contributed by atoms with Gasteiger partial charge < -0.3 is 24.8 Å². The van der Waals surface area contributed by atoms with Crippen molar-refractivity contribution in [2.75, 3.05) is 39.4 Å². The second-order valence-electron chi connectivity index (χ2n) is 5.83. The van der Waals surface area contributed by atoms with Crippen molar-refractivity contribution in [1.29, 1.82) is 0 Å². The van der Waals surface area contributed by atoms with Gasteiger partial charge in [0.2, 0.25) is 5.88 Å². The van der Waals surface area contributed by atoms with Crippen LogP contribution in [0.15, 0.2) is 24.4 Å². The standard InChI is InChI=1S/C17H22N4O4/c1-23-11-25-17(6-9-18-10-7-17)16(22)20-13-5-8-19-12-3-4-14(24-2)21-15(12)13/h3-5,8,18H,6-7,9-11H2,1-2H3,(H,19,20,22). The summed E-state index contributed by atoms with van der Waals surface area (Å²) in [5, 5.41) is 6.19. The summed E-state index contributed by atoms with van der Waals surface area (Å²) in [6, 6.07) is 5.26. The van der Waals surface area contributed by atoms with E-state index in [-0.39, 0.29) is 12.7 Å². The number of rotatable bonds is 6. The van der Waals surface area contributed by atoms with E-state index in [1.807, 2.05) is 0 Å². The Hall–Kier alpha value is -2.29. The normalized spacial score (nSPS) is 16.6. The number of methoxy groups -OCH3 is 2. The third-order valence-electron chi connectivity index (χ3n) is 4.29. The number of nitrogens with zero attached hydrogens (tertiary/aromatic N) is 2. The minimum Gasteiger partial charge on any atom is -0.481 e. The Kier molecular flexibility index (Phi) is 5.42. The van der Waals surface area contributed by atoms with Crippen LogP contribution in [0.25, 0.3) is 11.0 Å². The highest BCUT2D eigenvalue weighted by atomic mass is 16.7. The van der Waals surface area contributed by atoms with Gasteiger partial charge in [0.05, 0.1) is 18.3 Å². The van der Waals surface area contributed by atoms with Gasteiger partial charge in [-0.15, -0.1) is 0 Å². The van der Waals surface area contributed by atoms with Gasteiger partial charge in [0.1, 0.15) is 12.3 Å². The van der Waals surface area contributed by atoms with Crippen LogP contribution in [0.3, 0.4) is 0 Å². The van der Waals surface area contributed by atoms with Crippen molar-refractivity contribution < 1.29 is 19.0 Å². The maximum atomic E-state index is 13.0. The molecule has 3 heterocycles. The van der Waals surface area contributed by atoms with Crippen molar-refractivity contribution >= 4 is 22.6 Å². The number of amides is 1. The van der Waals surface area contributed by atoms with E-state index in [1.54, 1.807) is 38.6 Å². The first-order chi connectivity index (χ1) is 12.2. The van der Waals surface area contributed by atoms with Crippen LogP contribution in [0.4, 0.5) is 5.69 Å². The van der Waals surface area contributed by atoms with Gasteiger partial charge >= 0.3 is 0 Å². The van der Waals surface area contributed by atoms with E-state index in [0.717, 1.165) is 0 Å². The Balaban J connectivity index is 1.89. The Morgan fingerprint density at radius 1 is 1.28 bits per heavy atom. The highest BCUT2D eigenvalue weighted by molar-refractivity contribution is 6.03. The highest BCUT2D eigenvalue weighted by Gasteiger charge is 2.41. The summed E-state index contributed by atoms with van der Waals surface area (Å²) in [6.45, 7) is 1.48. The van der Waals surface area contributed by atoms with Crippen LogP contribution in [-0.4, -0.2) is 55.6 Å². The fourth-order valence-electron chi connectivity index (χ4n) is 2.90. The molecule has 1 fully saturated rings. The van der Waals surface area contributed by atoms with Crippen LogP contribution in [-0.2, 0) is 14.3 Å². The lowest BCUT2D eigenvalue weighted by Gasteiger charge is -2.35. The highest BCUT2D eigenvalue weighted by Crippen LogP contribution is 2.28. The van der Waals surface area contributed by atoms with Crippen LogP contribution in [0.1, 0.15) is 12.8 Å². The van der Waals surface area contributed by atoms with Crippen LogP contribution in [0.2, 0.25) is 0 Å². The molecule has 1 saturated heterocycles. The molecular weight excluding hydrogens is 324 g/mol. The second-order valence-corrected chi connectivity index (χ2v) is 5.83. The summed E-state index contributed by atoms with van der Waals surface area (Å²) in [5.74, 6) is 0.256. The number of carbonyl (C=O) groups is 1. The number of pyridine rings is 2. The van der Waals surface area contributed by atoms with Gasteiger partial charge in [0.25, 0.3) is 5.91 Å². The van der Waals surface area contributed by atoms with Gasteiger partial charge in [0, 0.05) is 19.4 Å². The molecule has 8 heteroatoms. The van der Waals surface area contributed by atoms with Crippen molar-refractivity contribution in [2.45, 2.75) is 18.4 Å². The maximum Gasteiger partial charge on any atom is 0.256 e. The van der Waals surface area contributed by atoms with Crippen molar-refractivity contribution in [3.05, 3.63) is 24.4 Å². The number of hydrogen-bond donors (Lipinski definition) is 2. The summed E-state index contributed by atoms with van der Waals surface area (Å²) >= 11 is 0. The average molecular weight is 346 g/mol. The largest absolute Gasteiger partial charge is 0.481 e. The summed E-state index contributed by atoms with van der Waals surface area (Å²) in [6.07, 6.45) is 2.78. The smallest absolute Gasteiger partial charge is 0.256 e. The monoisotopic (exact) mass is 346 g/mol. The Labute approximate surface area is 145 Å². The van der Waals surface area contributed by atoms with Crippen molar-refractivity contribution in [2.24, 2.45) is 0 Å². The molecule has 0 bridgehead atoms. The van der Waals surface area contributed by atoms with Gasteiger partial charge in [-0.1, -0.05) is 0 Å². The summed E-state index contributed by atoms with van der Waals surface area (Å²) in [4.78, 5) is 21.7. The van der Waals surface area contributed by atoms with Crippen molar-refractivity contribution in [3.63, 3.8) is 0 Å². The molecule has 2 aromatic rings. The second kappa shape index (κ2) is 7.73. The van der Waals surface area contributed by atoms with Crippen molar-refractivity contribution in [1.82, 2.24) is 15.3 Å². The third kappa shape index (κ3) is 3.71. The van der Waals surface area contributed by atoms with Gasteiger partial charge in [0.15, 0.2) is 5.60 Å². The first-order valence-electron chi connectivity index (χ1n) is 8.13. The Morgan fingerprint density at radius 3 is 2.80 bits per heavy atom. The maximum absolute atomic E-state index is 13.0. The van der Waals surface area contributed by atoms with E-state index < -0.39 is 5.60 Å². The zero-order valence-corrected chi connectivity index (χ0v) is 14.4. The number of nitrogens with one attached hydrogen (secondary N) is 2. The van der Waals surface area contributed by atoms with Crippen LogP contribution in [0, 0.1) is 0 Å². The molecule has 1 aliphatic rings. The van der Waals surface area contributed by atoms with E-state index in [4.69, 9.17) is 14.2 Å². The summed E-state index contributed by atoms with van der Waals surface area (Å²) in [7, 11) is 3.09. The number of aromatic nitrogens is 2. The molecule has 1 amide bonds. The van der Waals surface area contributed by atoms with E-state index in [2.05, 4.69) is 20.6 Å². The predicted octanol–water partition coefficient (Wildman–Crippen LogP) is 1.32. The molecule has 0 aliphatic carbocycles. The zero-order chi connectivity index (χ0) is 17.7. The summed E-state index contributed by atoms with van der Waals surface area (Å²) < 4.78 is 16.0. The first kappa shape index (κ1) is 17.5. The Morgan fingerprint density at radius 2 is 2.08 bits per heavy atom. The molecule has 1 aliphatic heterocycles. The van der Waals surface area contributed by atoms with Gasteiger partial charge in [-0.05, 0) is 38.1 Å². The molecule has 2 N–H and O–H groups in total. The van der Waals surface area contributed by atoms with Crippen LogP contribution < -0.4 is 15.4 Å². The number of ether oxygens (including phenoxy) is 3. The SMILES string of the molecule is COCOC1(C(=O)Nc2ccnc3ccc(OC)nc23)CCNCC1. The van der Waals surface area contributed by atoms with E-state index in [9.17, 15) is 4.79 Å². The minimum atomic E-state index is -0.921. The lowest BCUT2D eigenvalue weighted by Crippen LogP contribution is -2.52.